The van der Waals surface area contributed by atoms with Crippen molar-refractivity contribution in [3.8, 4) is 0 Å². The van der Waals surface area contributed by atoms with E-state index < -0.39 is 0 Å². The van der Waals surface area contributed by atoms with Gasteiger partial charge in [-0.1, -0.05) is 30.7 Å². The van der Waals surface area contributed by atoms with Gasteiger partial charge in [-0.05, 0) is 61.6 Å². The number of hydrogen-bond donors (Lipinski definition) is 1. The first-order chi connectivity index (χ1) is 9.76. The second kappa shape index (κ2) is 6.30. The highest BCUT2D eigenvalue weighted by molar-refractivity contribution is 7.12. The van der Waals surface area contributed by atoms with Crippen molar-refractivity contribution in [2.24, 2.45) is 0 Å². The lowest BCUT2D eigenvalue weighted by molar-refractivity contribution is 0.558. The van der Waals surface area contributed by atoms with Crippen LogP contribution < -0.4 is 5.32 Å². The van der Waals surface area contributed by atoms with Gasteiger partial charge in [0.1, 0.15) is 0 Å². The molecule has 1 aliphatic rings. The van der Waals surface area contributed by atoms with Gasteiger partial charge in [0.25, 0.3) is 0 Å². The van der Waals surface area contributed by atoms with Crippen LogP contribution in [0.4, 0.5) is 0 Å². The predicted octanol–water partition coefficient (Wildman–Crippen LogP) is 4.78. The summed E-state index contributed by atoms with van der Waals surface area (Å²) in [5, 5.41) is 4.44. The maximum absolute atomic E-state index is 5.96. The van der Waals surface area contributed by atoms with E-state index in [9.17, 15) is 0 Å². The topological polar surface area (TPSA) is 12.0 Å². The Balaban J connectivity index is 1.79. The molecule has 0 spiro atoms. The van der Waals surface area contributed by atoms with Gasteiger partial charge in [0.2, 0.25) is 0 Å². The predicted molar refractivity (Wildman–Crippen MR) is 87.9 cm³/mol. The molecule has 1 atom stereocenters. The van der Waals surface area contributed by atoms with E-state index in [1.165, 1.54) is 29.7 Å². The Hall–Kier alpha value is -0.830. The summed E-state index contributed by atoms with van der Waals surface area (Å²) in [5.41, 5.74) is 2.93. The zero-order chi connectivity index (χ0) is 13.9. The standard InChI is InChI=1S/C17H20ClNS/c1-2-19-15(10-12-6-8-14(18)9-7-12)17-11-13-4-3-5-16(13)20-17/h6-9,11,15,19H,2-5,10H2,1H3. The Bertz CT molecular complexity index is 552. The summed E-state index contributed by atoms with van der Waals surface area (Å²) in [5.74, 6) is 0. The van der Waals surface area contributed by atoms with E-state index in [2.05, 4.69) is 30.4 Å². The lowest BCUT2D eigenvalue weighted by Gasteiger charge is -2.16. The minimum Gasteiger partial charge on any atom is -0.309 e. The van der Waals surface area contributed by atoms with Crippen LogP contribution in [0.25, 0.3) is 0 Å². The zero-order valence-electron chi connectivity index (χ0n) is 11.8. The number of nitrogens with one attached hydrogen (secondary N) is 1. The number of halogens is 1. The number of hydrogen-bond acceptors (Lipinski definition) is 2. The van der Waals surface area contributed by atoms with Crippen LogP contribution in [0.2, 0.25) is 5.02 Å². The molecule has 1 aromatic carbocycles. The molecule has 0 saturated carbocycles. The van der Waals surface area contributed by atoms with E-state index in [1.54, 1.807) is 10.4 Å². The van der Waals surface area contributed by atoms with Gasteiger partial charge in [0.15, 0.2) is 0 Å². The average Bonchev–Trinajstić information content (AvgIpc) is 3.01. The molecule has 1 aromatic heterocycles. The Kier molecular flexibility index (Phi) is 4.45. The fourth-order valence-corrected chi connectivity index (χ4v) is 4.36. The summed E-state index contributed by atoms with van der Waals surface area (Å²) in [7, 11) is 0. The van der Waals surface area contributed by atoms with Gasteiger partial charge < -0.3 is 5.32 Å². The lowest BCUT2D eigenvalue weighted by Crippen LogP contribution is -2.22. The third kappa shape index (κ3) is 3.08. The highest BCUT2D eigenvalue weighted by Gasteiger charge is 2.19. The van der Waals surface area contributed by atoms with Gasteiger partial charge in [-0.2, -0.15) is 0 Å². The second-order valence-corrected chi connectivity index (χ2v) is 7.00. The molecule has 0 radical (unpaired) electrons. The quantitative estimate of drug-likeness (QED) is 0.838. The molecule has 0 saturated heterocycles. The Labute approximate surface area is 130 Å². The SMILES string of the molecule is CCNC(Cc1ccc(Cl)cc1)c1cc2c(s1)CCC2. The smallest absolute Gasteiger partial charge is 0.0455 e. The summed E-state index contributed by atoms with van der Waals surface area (Å²) in [6.45, 7) is 3.18. The third-order valence-corrected chi connectivity index (χ3v) is 5.52. The fraction of sp³-hybridized carbons (Fsp3) is 0.412. The van der Waals surface area contributed by atoms with Crippen molar-refractivity contribution in [3.63, 3.8) is 0 Å². The lowest BCUT2D eigenvalue weighted by atomic mass is 10.0. The first-order valence-corrected chi connectivity index (χ1v) is 8.55. The Morgan fingerprint density at radius 3 is 2.75 bits per heavy atom. The normalized spacial score (nSPS) is 15.3. The zero-order valence-corrected chi connectivity index (χ0v) is 13.4. The van der Waals surface area contributed by atoms with Crippen LogP contribution in [0.3, 0.4) is 0 Å². The highest BCUT2D eigenvalue weighted by Crippen LogP contribution is 2.34. The van der Waals surface area contributed by atoms with E-state index >= 15 is 0 Å². The number of fused-ring (bicyclic) bond motifs is 1. The van der Waals surface area contributed by atoms with Crippen molar-refractivity contribution in [1.82, 2.24) is 5.32 Å². The molecule has 3 heteroatoms. The van der Waals surface area contributed by atoms with Gasteiger partial charge in [-0.3, -0.25) is 0 Å². The van der Waals surface area contributed by atoms with Crippen LogP contribution in [0, 0.1) is 0 Å². The van der Waals surface area contributed by atoms with Gasteiger partial charge >= 0.3 is 0 Å². The summed E-state index contributed by atoms with van der Waals surface area (Å²) in [6.07, 6.45) is 4.92. The van der Waals surface area contributed by atoms with Crippen molar-refractivity contribution in [2.45, 2.75) is 38.6 Å². The van der Waals surface area contributed by atoms with Crippen molar-refractivity contribution < 1.29 is 0 Å². The number of benzene rings is 1. The molecule has 1 unspecified atom stereocenters. The molecule has 1 aliphatic carbocycles. The molecular formula is C17H20ClNS. The van der Waals surface area contributed by atoms with Crippen LogP contribution in [-0.2, 0) is 19.3 Å². The van der Waals surface area contributed by atoms with Crippen molar-refractivity contribution in [1.29, 1.82) is 0 Å². The number of thiophene rings is 1. The van der Waals surface area contributed by atoms with E-state index in [0.29, 0.717) is 6.04 Å². The molecule has 106 valence electrons. The summed E-state index contributed by atoms with van der Waals surface area (Å²) < 4.78 is 0. The van der Waals surface area contributed by atoms with Crippen LogP contribution >= 0.6 is 22.9 Å². The maximum Gasteiger partial charge on any atom is 0.0455 e. The Morgan fingerprint density at radius 1 is 1.25 bits per heavy atom. The molecule has 0 fully saturated rings. The summed E-state index contributed by atoms with van der Waals surface area (Å²) in [4.78, 5) is 3.10. The molecule has 1 nitrogen and oxygen atoms in total. The minimum atomic E-state index is 0.428. The maximum atomic E-state index is 5.96. The largest absolute Gasteiger partial charge is 0.309 e. The molecule has 0 amide bonds. The van der Waals surface area contributed by atoms with Gasteiger partial charge in [0, 0.05) is 20.8 Å². The highest BCUT2D eigenvalue weighted by atomic mass is 35.5. The molecule has 2 aromatic rings. The molecule has 0 aliphatic heterocycles. The van der Waals surface area contributed by atoms with Gasteiger partial charge in [-0.15, -0.1) is 11.3 Å². The van der Waals surface area contributed by atoms with Crippen LogP contribution in [-0.4, -0.2) is 6.54 Å². The molecule has 1 N–H and O–H groups in total. The molecule has 0 bridgehead atoms. The molecule has 3 rings (SSSR count). The monoisotopic (exact) mass is 305 g/mol. The van der Waals surface area contributed by atoms with Gasteiger partial charge in [0.05, 0.1) is 0 Å². The van der Waals surface area contributed by atoms with E-state index in [-0.39, 0.29) is 0 Å². The van der Waals surface area contributed by atoms with Crippen LogP contribution in [0.5, 0.6) is 0 Å². The van der Waals surface area contributed by atoms with Gasteiger partial charge in [-0.25, -0.2) is 0 Å². The van der Waals surface area contributed by atoms with Crippen molar-refractivity contribution >= 4 is 22.9 Å². The average molecular weight is 306 g/mol. The Morgan fingerprint density at radius 2 is 2.05 bits per heavy atom. The number of likely N-dealkylation sites (N-methyl/N-ethyl adjacent to an activating group) is 1. The first-order valence-electron chi connectivity index (χ1n) is 7.35. The minimum absolute atomic E-state index is 0.428. The fourth-order valence-electron chi connectivity index (χ4n) is 2.90. The van der Waals surface area contributed by atoms with Crippen LogP contribution in [0.1, 0.15) is 40.3 Å². The number of aryl methyl sites for hydroxylation is 2. The van der Waals surface area contributed by atoms with E-state index in [4.69, 9.17) is 11.6 Å². The molecule has 20 heavy (non-hydrogen) atoms. The number of rotatable bonds is 5. The van der Waals surface area contributed by atoms with Crippen LogP contribution in [0.15, 0.2) is 30.3 Å². The van der Waals surface area contributed by atoms with Crippen molar-refractivity contribution in [2.75, 3.05) is 6.54 Å². The second-order valence-electron chi connectivity index (χ2n) is 5.39. The molecule has 1 heterocycles. The van der Waals surface area contributed by atoms with E-state index in [0.717, 1.165) is 18.0 Å². The first kappa shape index (κ1) is 14.1. The molecular weight excluding hydrogens is 286 g/mol. The third-order valence-electron chi connectivity index (χ3n) is 3.91. The van der Waals surface area contributed by atoms with Crippen molar-refractivity contribution in [3.05, 3.63) is 56.2 Å². The summed E-state index contributed by atoms with van der Waals surface area (Å²) in [6, 6.07) is 11.1. The van der Waals surface area contributed by atoms with E-state index in [1.807, 2.05) is 23.5 Å². The summed E-state index contributed by atoms with van der Waals surface area (Å²) >= 11 is 7.97.